The smallest absolute Gasteiger partial charge is 0.407 e. The summed E-state index contributed by atoms with van der Waals surface area (Å²) in [7, 11) is 0. The first-order chi connectivity index (χ1) is 16.0. The van der Waals surface area contributed by atoms with Gasteiger partial charge in [0.05, 0.1) is 10.5 Å². The van der Waals surface area contributed by atoms with Crippen LogP contribution in [0.25, 0.3) is 22.0 Å². The molecule has 1 aliphatic carbocycles. The zero-order chi connectivity index (χ0) is 22.9. The normalized spacial score (nSPS) is 13.4. The molecule has 0 bridgehead atoms. The van der Waals surface area contributed by atoms with Crippen LogP contribution in [-0.2, 0) is 16.0 Å². The SMILES string of the molecule is O=C(N[C@H](Cc1c[nH]c2c(Cl)cccc12)C(=O)O)OCC1c2ccccc2-c2ccccc21. The number of para-hydroxylation sites is 1. The number of hydrogen-bond donors (Lipinski definition) is 3. The highest BCUT2D eigenvalue weighted by molar-refractivity contribution is 6.35. The molecule has 3 N–H and O–H groups in total. The number of carbonyl (C=O) groups excluding carboxylic acids is 1. The van der Waals surface area contributed by atoms with Crippen LogP contribution in [0, 0.1) is 0 Å². The maximum atomic E-state index is 12.6. The number of amides is 1. The summed E-state index contributed by atoms with van der Waals surface area (Å²) in [6, 6.07) is 20.4. The molecule has 1 atom stereocenters. The molecule has 5 rings (SSSR count). The fourth-order valence-corrected chi connectivity index (χ4v) is 4.78. The second-order valence-electron chi connectivity index (χ2n) is 8.04. The summed E-state index contributed by atoms with van der Waals surface area (Å²) in [5.41, 5.74) is 5.93. The number of H-pyrrole nitrogens is 1. The second-order valence-corrected chi connectivity index (χ2v) is 8.45. The van der Waals surface area contributed by atoms with Crippen molar-refractivity contribution in [2.24, 2.45) is 0 Å². The fourth-order valence-electron chi connectivity index (χ4n) is 4.55. The average molecular weight is 461 g/mol. The lowest BCUT2D eigenvalue weighted by Crippen LogP contribution is -2.42. The lowest BCUT2D eigenvalue weighted by atomic mass is 9.98. The monoisotopic (exact) mass is 460 g/mol. The molecule has 0 saturated heterocycles. The average Bonchev–Trinajstić information content (AvgIpc) is 3.37. The van der Waals surface area contributed by atoms with Gasteiger partial charge < -0.3 is 20.1 Å². The number of carbonyl (C=O) groups is 2. The molecule has 0 radical (unpaired) electrons. The van der Waals surface area contributed by atoms with Crippen LogP contribution in [-0.4, -0.2) is 34.8 Å². The first-order valence-corrected chi connectivity index (χ1v) is 11.0. The number of carboxylic acid groups (broad SMARTS) is 1. The van der Waals surface area contributed by atoms with Gasteiger partial charge in [-0.3, -0.25) is 0 Å². The van der Waals surface area contributed by atoms with Gasteiger partial charge in [-0.1, -0.05) is 72.3 Å². The van der Waals surface area contributed by atoms with Crippen LogP contribution in [0.4, 0.5) is 4.79 Å². The maximum absolute atomic E-state index is 12.6. The lowest BCUT2D eigenvalue weighted by molar-refractivity contribution is -0.139. The van der Waals surface area contributed by atoms with Crippen molar-refractivity contribution in [3.8, 4) is 11.1 Å². The van der Waals surface area contributed by atoms with E-state index in [4.69, 9.17) is 16.3 Å². The van der Waals surface area contributed by atoms with Crippen molar-refractivity contribution < 1.29 is 19.4 Å². The molecule has 6 nitrogen and oxygen atoms in total. The van der Waals surface area contributed by atoms with Crippen molar-refractivity contribution in [3.63, 3.8) is 0 Å². The van der Waals surface area contributed by atoms with Crippen LogP contribution < -0.4 is 5.32 Å². The molecule has 1 amide bonds. The summed E-state index contributed by atoms with van der Waals surface area (Å²) in [6.07, 6.45) is 1.05. The molecule has 0 saturated carbocycles. The number of rotatable bonds is 6. The van der Waals surface area contributed by atoms with Crippen molar-refractivity contribution >= 4 is 34.6 Å². The van der Waals surface area contributed by atoms with Crippen molar-refractivity contribution in [2.45, 2.75) is 18.4 Å². The van der Waals surface area contributed by atoms with Crippen LogP contribution >= 0.6 is 11.6 Å². The largest absolute Gasteiger partial charge is 0.480 e. The number of alkyl carbamates (subject to hydrolysis) is 1. The quantitative estimate of drug-likeness (QED) is 0.361. The number of aromatic amines is 1. The third-order valence-electron chi connectivity index (χ3n) is 6.11. The molecule has 1 aliphatic rings. The minimum atomic E-state index is -1.14. The number of halogens is 1. The molecule has 0 spiro atoms. The van der Waals surface area contributed by atoms with Gasteiger partial charge >= 0.3 is 12.1 Å². The maximum Gasteiger partial charge on any atom is 0.407 e. The minimum Gasteiger partial charge on any atom is -0.480 e. The van der Waals surface area contributed by atoms with E-state index < -0.39 is 18.1 Å². The van der Waals surface area contributed by atoms with Gasteiger partial charge in [-0.25, -0.2) is 9.59 Å². The molecule has 4 aromatic rings. The Morgan fingerprint density at radius 2 is 1.67 bits per heavy atom. The Balaban J connectivity index is 1.29. The van der Waals surface area contributed by atoms with Crippen LogP contribution in [0.3, 0.4) is 0 Å². The van der Waals surface area contributed by atoms with E-state index in [0.717, 1.165) is 38.7 Å². The molecule has 7 heteroatoms. The Morgan fingerprint density at radius 1 is 1.00 bits per heavy atom. The summed E-state index contributed by atoms with van der Waals surface area (Å²) in [4.78, 5) is 27.5. The van der Waals surface area contributed by atoms with Crippen molar-refractivity contribution in [1.82, 2.24) is 10.3 Å². The van der Waals surface area contributed by atoms with E-state index in [-0.39, 0.29) is 18.9 Å². The number of carboxylic acids is 1. The van der Waals surface area contributed by atoms with E-state index in [2.05, 4.69) is 22.4 Å². The van der Waals surface area contributed by atoms with E-state index in [1.165, 1.54) is 0 Å². The summed E-state index contributed by atoms with van der Waals surface area (Å²) < 4.78 is 5.50. The predicted molar refractivity (Wildman–Crippen MR) is 127 cm³/mol. The number of benzene rings is 3. The van der Waals surface area contributed by atoms with Gasteiger partial charge in [0.2, 0.25) is 0 Å². The molecule has 1 aromatic heterocycles. The molecule has 0 unspecified atom stereocenters. The third kappa shape index (κ3) is 3.94. The molecule has 166 valence electrons. The molecule has 33 heavy (non-hydrogen) atoms. The van der Waals surface area contributed by atoms with E-state index >= 15 is 0 Å². The summed E-state index contributed by atoms with van der Waals surface area (Å²) in [6.45, 7) is 0.120. The molecule has 0 aliphatic heterocycles. The third-order valence-corrected chi connectivity index (χ3v) is 6.42. The van der Waals surface area contributed by atoms with Gasteiger partial charge in [-0.05, 0) is 33.9 Å². The number of aromatic nitrogens is 1. The Labute approximate surface area is 195 Å². The van der Waals surface area contributed by atoms with E-state index in [9.17, 15) is 14.7 Å². The first-order valence-electron chi connectivity index (χ1n) is 10.6. The number of fused-ring (bicyclic) bond motifs is 4. The summed E-state index contributed by atoms with van der Waals surface area (Å²) in [5.74, 6) is -1.23. The van der Waals surface area contributed by atoms with Crippen molar-refractivity contribution in [3.05, 3.63) is 94.6 Å². The van der Waals surface area contributed by atoms with E-state index in [0.29, 0.717) is 5.02 Å². The Bertz CT molecular complexity index is 1320. The zero-order valence-corrected chi connectivity index (χ0v) is 18.3. The van der Waals surface area contributed by atoms with Gasteiger partial charge in [-0.15, -0.1) is 0 Å². The molecule has 0 fully saturated rings. The van der Waals surface area contributed by atoms with Crippen LogP contribution in [0.2, 0.25) is 5.02 Å². The van der Waals surface area contributed by atoms with Crippen molar-refractivity contribution in [1.29, 1.82) is 0 Å². The Hall–Kier alpha value is -3.77. The summed E-state index contributed by atoms with van der Waals surface area (Å²) in [5, 5.41) is 13.6. The Morgan fingerprint density at radius 3 is 2.33 bits per heavy atom. The van der Waals surface area contributed by atoms with Gasteiger partial charge in [0.15, 0.2) is 0 Å². The van der Waals surface area contributed by atoms with E-state index in [1.54, 1.807) is 18.3 Å². The number of aliphatic carboxylic acids is 1. The van der Waals surface area contributed by atoms with Gasteiger partial charge in [0, 0.05) is 23.9 Å². The zero-order valence-electron chi connectivity index (χ0n) is 17.5. The van der Waals surface area contributed by atoms with Gasteiger partial charge in [0.25, 0.3) is 0 Å². The van der Waals surface area contributed by atoms with Gasteiger partial charge in [0.1, 0.15) is 12.6 Å². The second kappa shape index (κ2) is 8.64. The number of hydrogen-bond acceptors (Lipinski definition) is 3. The number of nitrogens with one attached hydrogen (secondary N) is 2. The standard InChI is InChI=1S/C26H21ClN2O4/c27-22-11-5-10-16-15(13-28-24(16)22)12-23(25(30)31)29-26(32)33-14-21-19-8-3-1-6-17(19)18-7-2-4-9-20(18)21/h1-11,13,21,23,28H,12,14H2,(H,29,32)(H,30,31)/t23-/m1/s1. The highest BCUT2D eigenvalue weighted by Crippen LogP contribution is 2.44. The van der Waals surface area contributed by atoms with Crippen LogP contribution in [0.15, 0.2) is 72.9 Å². The predicted octanol–water partition coefficient (Wildman–Crippen LogP) is 5.36. The Kier molecular flexibility index (Phi) is 5.52. The highest BCUT2D eigenvalue weighted by Gasteiger charge is 2.30. The highest BCUT2D eigenvalue weighted by atomic mass is 35.5. The van der Waals surface area contributed by atoms with Gasteiger partial charge in [-0.2, -0.15) is 0 Å². The molecule has 3 aromatic carbocycles. The molecular weight excluding hydrogens is 440 g/mol. The van der Waals surface area contributed by atoms with E-state index in [1.807, 2.05) is 42.5 Å². The summed E-state index contributed by atoms with van der Waals surface area (Å²) >= 11 is 6.19. The number of ether oxygens (including phenoxy) is 1. The van der Waals surface area contributed by atoms with Crippen LogP contribution in [0.1, 0.15) is 22.6 Å². The molecular formula is C26H21ClN2O4. The lowest BCUT2D eigenvalue weighted by Gasteiger charge is -2.17. The topological polar surface area (TPSA) is 91.4 Å². The minimum absolute atomic E-state index is 0.0952. The van der Waals surface area contributed by atoms with Crippen LogP contribution in [0.5, 0.6) is 0 Å². The fraction of sp³-hybridized carbons (Fsp3) is 0.154. The first kappa shape index (κ1) is 21.1. The van der Waals surface area contributed by atoms with Crippen molar-refractivity contribution in [2.75, 3.05) is 6.61 Å². The molecule has 1 heterocycles.